The van der Waals surface area contributed by atoms with Crippen LogP contribution in [0.25, 0.3) is 0 Å². The summed E-state index contributed by atoms with van der Waals surface area (Å²) in [6.45, 7) is 1.28. The maximum atomic E-state index is 13.0. The number of hydrogen-bond acceptors (Lipinski definition) is 3. The van der Waals surface area contributed by atoms with Crippen molar-refractivity contribution in [3.63, 3.8) is 0 Å². The van der Waals surface area contributed by atoms with Gasteiger partial charge in [-0.2, -0.15) is 13.2 Å². The van der Waals surface area contributed by atoms with Gasteiger partial charge in [0.2, 0.25) is 0 Å². The molecule has 0 heterocycles. The minimum absolute atomic E-state index is 0.0872. The Morgan fingerprint density at radius 2 is 2.00 bits per heavy atom. The fourth-order valence-electron chi connectivity index (χ4n) is 1.76. The number of likely N-dealkylation sites (N-methyl/N-ethyl adjacent to an activating group) is 1. The first kappa shape index (κ1) is 16.5. The fraction of sp³-hybridized carbons (Fsp3) is 0.462. The average Bonchev–Trinajstić information content (AvgIpc) is 2.34. The second kappa shape index (κ2) is 7.25. The fourth-order valence-corrected chi connectivity index (χ4v) is 1.76. The van der Waals surface area contributed by atoms with Gasteiger partial charge in [0.25, 0.3) is 0 Å². The van der Waals surface area contributed by atoms with E-state index in [2.05, 4.69) is 10.6 Å². The highest BCUT2D eigenvalue weighted by Gasteiger charge is 2.33. The van der Waals surface area contributed by atoms with Crippen LogP contribution in [0.5, 0.6) is 0 Å². The van der Waals surface area contributed by atoms with Gasteiger partial charge >= 0.3 is 12.1 Å². The van der Waals surface area contributed by atoms with Crippen LogP contribution in [0, 0.1) is 0 Å². The van der Waals surface area contributed by atoms with Crippen LogP contribution in [-0.2, 0) is 23.9 Å². The summed E-state index contributed by atoms with van der Waals surface area (Å²) >= 11 is 0. The lowest BCUT2D eigenvalue weighted by molar-refractivity contribution is -0.139. The molecule has 0 saturated carbocycles. The molecule has 4 nitrogen and oxygen atoms in total. The summed E-state index contributed by atoms with van der Waals surface area (Å²) in [4.78, 5) is 10.6. The number of aliphatic carboxylic acids is 1. The number of rotatable bonds is 7. The third-order valence-corrected chi connectivity index (χ3v) is 2.70. The molecule has 1 aromatic carbocycles. The molecule has 0 amide bonds. The molecule has 0 bridgehead atoms. The van der Waals surface area contributed by atoms with Gasteiger partial charge in [-0.05, 0) is 24.2 Å². The molecule has 0 aliphatic rings. The zero-order valence-corrected chi connectivity index (χ0v) is 11.0. The van der Waals surface area contributed by atoms with Gasteiger partial charge in [-0.3, -0.25) is 4.79 Å². The topological polar surface area (TPSA) is 61.4 Å². The quantitative estimate of drug-likeness (QED) is 0.668. The normalized spacial score (nSPS) is 11.6. The van der Waals surface area contributed by atoms with Crippen molar-refractivity contribution in [2.45, 2.75) is 19.1 Å². The van der Waals surface area contributed by atoms with Crippen molar-refractivity contribution in [2.75, 3.05) is 20.1 Å². The summed E-state index contributed by atoms with van der Waals surface area (Å²) in [5.41, 5.74) is -0.528. The second-order valence-electron chi connectivity index (χ2n) is 4.34. The zero-order valence-electron chi connectivity index (χ0n) is 11.0. The zero-order chi connectivity index (χ0) is 15.2. The summed E-state index contributed by atoms with van der Waals surface area (Å²) in [5, 5.41) is 14.4. The van der Waals surface area contributed by atoms with Crippen LogP contribution in [0.2, 0.25) is 0 Å². The van der Waals surface area contributed by atoms with E-state index in [0.717, 1.165) is 6.07 Å². The number of alkyl halides is 3. The van der Waals surface area contributed by atoms with E-state index < -0.39 is 24.1 Å². The van der Waals surface area contributed by atoms with Crippen molar-refractivity contribution in [1.29, 1.82) is 0 Å². The Balaban J connectivity index is 2.90. The molecule has 0 unspecified atom stereocenters. The molecule has 7 heteroatoms. The lowest BCUT2D eigenvalue weighted by atomic mass is 10.0. The third kappa shape index (κ3) is 5.18. The number of benzene rings is 1. The van der Waals surface area contributed by atoms with Gasteiger partial charge in [-0.1, -0.05) is 12.1 Å². The molecule has 0 aliphatic carbocycles. The molecule has 0 atom stereocenters. The predicted octanol–water partition coefficient (Wildman–Crippen LogP) is 1.64. The molecule has 3 N–H and O–H groups in total. The molecule has 112 valence electrons. The summed E-state index contributed by atoms with van der Waals surface area (Å²) in [6.07, 6.45) is -4.91. The molecule has 20 heavy (non-hydrogen) atoms. The molecular weight excluding hydrogens is 273 g/mol. The van der Waals surface area contributed by atoms with Crippen LogP contribution in [-0.4, -0.2) is 31.2 Å². The molecule has 0 spiro atoms. The van der Waals surface area contributed by atoms with Crippen molar-refractivity contribution in [3.8, 4) is 0 Å². The first-order valence-corrected chi connectivity index (χ1v) is 6.10. The molecule has 0 aromatic heterocycles. The van der Waals surface area contributed by atoms with E-state index in [-0.39, 0.29) is 17.7 Å². The predicted molar refractivity (Wildman–Crippen MR) is 68.4 cm³/mol. The van der Waals surface area contributed by atoms with Gasteiger partial charge < -0.3 is 15.7 Å². The van der Waals surface area contributed by atoms with Gasteiger partial charge in [0, 0.05) is 19.6 Å². The van der Waals surface area contributed by atoms with Crippen LogP contribution in [0.3, 0.4) is 0 Å². The number of hydrogen-bond donors (Lipinski definition) is 3. The van der Waals surface area contributed by atoms with Gasteiger partial charge in [0.15, 0.2) is 0 Å². The number of halogens is 3. The number of carbonyl (C=O) groups is 1. The van der Waals surface area contributed by atoms with Crippen molar-refractivity contribution < 1.29 is 23.1 Å². The van der Waals surface area contributed by atoms with E-state index in [1.54, 1.807) is 7.05 Å². The Morgan fingerprint density at radius 3 is 2.55 bits per heavy atom. The van der Waals surface area contributed by atoms with Crippen LogP contribution < -0.4 is 10.6 Å². The van der Waals surface area contributed by atoms with Crippen LogP contribution in [0.1, 0.15) is 16.7 Å². The van der Waals surface area contributed by atoms with E-state index in [4.69, 9.17) is 5.11 Å². The monoisotopic (exact) mass is 290 g/mol. The van der Waals surface area contributed by atoms with Gasteiger partial charge in [0.1, 0.15) is 0 Å². The van der Waals surface area contributed by atoms with Crippen molar-refractivity contribution in [2.24, 2.45) is 0 Å². The number of nitrogens with one attached hydrogen (secondary N) is 2. The van der Waals surface area contributed by atoms with Crippen molar-refractivity contribution >= 4 is 5.97 Å². The molecule has 1 rings (SSSR count). The summed E-state index contributed by atoms with van der Waals surface area (Å²) < 4.78 is 38.9. The minimum Gasteiger partial charge on any atom is -0.481 e. The first-order valence-electron chi connectivity index (χ1n) is 6.10. The Bertz CT molecular complexity index is 461. The number of carboxylic acids is 1. The lowest BCUT2D eigenvalue weighted by Gasteiger charge is -2.15. The smallest absolute Gasteiger partial charge is 0.416 e. The van der Waals surface area contributed by atoms with E-state index in [1.165, 1.54) is 12.1 Å². The maximum absolute atomic E-state index is 13.0. The molecule has 0 saturated heterocycles. The highest BCUT2D eigenvalue weighted by atomic mass is 19.4. The average molecular weight is 290 g/mol. The third-order valence-electron chi connectivity index (χ3n) is 2.70. The Labute approximate surface area is 115 Å². The van der Waals surface area contributed by atoms with Crippen molar-refractivity contribution in [1.82, 2.24) is 10.6 Å². The molecular formula is C13H17F3N2O2. The van der Waals surface area contributed by atoms with Gasteiger partial charge in [-0.25, -0.2) is 0 Å². The standard InChI is InChI=1S/C13H17F3N2O2/c1-17-4-5-18-8-10-3-2-9(7-12(19)20)6-11(10)13(14,15)16/h2-3,6,17-18H,4-5,7-8H2,1H3,(H,19,20). The Kier molecular flexibility index (Phi) is 5.97. The summed E-state index contributed by atoms with van der Waals surface area (Å²) in [5.74, 6) is -1.15. The SMILES string of the molecule is CNCCNCc1ccc(CC(=O)O)cc1C(F)(F)F. The maximum Gasteiger partial charge on any atom is 0.416 e. The van der Waals surface area contributed by atoms with E-state index in [0.29, 0.717) is 13.1 Å². The lowest BCUT2D eigenvalue weighted by Crippen LogP contribution is -2.25. The van der Waals surface area contributed by atoms with Crippen molar-refractivity contribution in [3.05, 3.63) is 34.9 Å². The number of carboxylic acid groups (broad SMARTS) is 1. The van der Waals surface area contributed by atoms with Gasteiger partial charge in [-0.15, -0.1) is 0 Å². The van der Waals surface area contributed by atoms with E-state index in [1.807, 2.05) is 0 Å². The molecule has 1 aromatic rings. The largest absolute Gasteiger partial charge is 0.481 e. The minimum atomic E-state index is -4.49. The highest BCUT2D eigenvalue weighted by Crippen LogP contribution is 2.32. The molecule has 0 radical (unpaired) electrons. The van der Waals surface area contributed by atoms with Crippen LogP contribution in [0.15, 0.2) is 18.2 Å². The Morgan fingerprint density at radius 1 is 1.30 bits per heavy atom. The van der Waals surface area contributed by atoms with Crippen LogP contribution in [0.4, 0.5) is 13.2 Å². The summed E-state index contributed by atoms with van der Waals surface area (Å²) in [7, 11) is 1.75. The first-order chi connectivity index (χ1) is 9.34. The summed E-state index contributed by atoms with van der Waals surface area (Å²) in [6, 6.07) is 3.65. The van der Waals surface area contributed by atoms with Crippen LogP contribution >= 0.6 is 0 Å². The van der Waals surface area contributed by atoms with E-state index >= 15 is 0 Å². The van der Waals surface area contributed by atoms with E-state index in [9.17, 15) is 18.0 Å². The van der Waals surface area contributed by atoms with Gasteiger partial charge in [0.05, 0.1) is 12.0 Å². The highest BCUT2D eigenvalue weighted by molar-refractivity contribution is 5.70. The molecule has 0 aliphatic heterocycles. The second-order valence-corrected chi connectivity index (χ2v) is 4.34. The Hall–Kier alpha value is -1.60. The molecule has 0 fully saturated rings.